The number of rotatable bonds is 5. The number of carbonyl (C=O) groups excluding carboxylic acids is 1. The number of amides is 1. The van der Waals surface area contributed by atoms with Gasteiger partial charge >= 0.3 is 0 Å². The summed E-state index contributed by atoms with van der Waals surface area (Å²) in [4.78, 5) is 21.7. The summed E-state index contributed by atoms with van der Waals surface area (Å²) in [6.45, 7) is 3.12. The van der Waals surface area contributed by atoms with Crippen LogP contribution >= 0.6 is 12.2 Å². The number of nitrogens with one attached hydrogen (secondary N) is 2. The quantitative estimate of drug-likeness (QED) is 0.729. The molecule has 2 N–H and O–H groups in total. The molecule has 3 aliphatic rings. The summed E-state index contributed by atoms with van der Waals surface area (Å²) in [5.41, 5.74) is 0.946. The van der Waals surface area contributed by atoms with Gasteiger partial charge in [0.25, 0.3) is 0 Å². The fraction of sp³-hybridized carbons (Fsp3) is 0.455. The first-order chi connectivity index (χ1) is 14.1. The maximum Gasteiger partial charge on any atom is 0.223 e. The number of amidine groups is 1. The van der Waals surface area contributed by atoms with Crippen molar-refractivity contribution in [2.75, 3.05) is 6.54 Å². The minimum absolute atomic E-state index is 0.0686. The summed E-state index contributed by atoms with van der Waals surface area (Å²) < 4.78 is 5.51. The molecule has 0 saturated heterocycles. The maximum absolute atomic E-state index is 12.5. The van der Waals surface area contributed by atoms with E-state index in [1.807, 2.05) is 37.3 Å². The monoisotopic (exact) mass is 410 g/mol. The van der Waals surface area contributed by atoms with Gasteiger partial charge in [-0.15, -0.1) is 0 Å². The van der Waals surface area contributed by atoms with Crippen LogP contribution in [0, 0.1) is 24.7 Å². The number of fused-ring (bicyclic) bond motifs is 1. The zero-order valence-electron chi connectivity index (χ0n) is 16.6. The normalized spacial score (nSPS) is 27.3. The van der Waals surface area contributed by atoms with Crippen molar-refractivity contribution in [3.05, 3.63) is 48.0 Å². The van der Waals surface area contributed by atoms with Crippen LogP contribution in [0.25, 0.3) is 0 Å². The molecule has 1 fully saturated rings. The summed E-state index contributed by atoms with van der Waals surface area (Å²) in [6, 6.07) is 3.82. The highest BCUT2D eigenvalue weighted by Crippen LogP contribution is 2.29. The predicted octanol–water partition coefficient (Wildman–Crippen LogP) is 3.48. The molecule has 1 unspecified atom stereocenters. The number of hydrogen-bond donors (Lipinski definition) is 2. The molecular formula is C22H26N4O2S. The number of allylic oxidation sites excluding steroid dienone is 3. The van der Waals surface area contributed by atoms with Crippen LogP contribution in [-0.4, -0.2) is 29.1 Å². The number of furan rings is 1. The van der Waals surface area contributed by atoms with E-state index in [-0.39, 0.29) is 17.7 Å². The van der Waals surface area contributed by atoms with Crippen molar-refractivity contribution in [2.45, 2.75) is 39.2 Å². The first-order valence-electron chi connectivity index (χ1n) is 10.2. The largest absolute Gasteiger partial charge is 0.465 e. The molecule has 0 bridgehead atoms. The summed E-state index contributed by atoms with van der Waals surface area (Å²) >= 11 is 5.24. The van der Waals surface area contributed by atoms with E-state index in [2.05, 4.69) is 21.7 Å². The second kappa shape index (κ2) is 8.86. The van der Waals surface area contributed by atoms with Gasteiger partial charge in [0.05, 0.1) is 18.2 Å². The van der Waals surface area contributed by atoms with Gasteiger partial charge in [-0.2, -0.15) is 0 Å². The zero-order chi connectivity index (χ0) is 20.2. The Kier molecular flexibility index (Phi) is 6.04. The fourth-order valence-corrected chi connectivity index (χ4v) is 4.28. The third-order valence-corrected chi connectivity index (χ3v) is 5.92. The van der Waals surface area contributed by atoms with Gasteiger partial charge in [-0.25, -0.2) is 4.99 Å². The number of carbonyl (C=O) groups is 1. The topological polar surface area (TPSA) is 79.0 Å². The number of aryl methyl sites for hydroxylation is 1. The Labute approximate surface area is 176 Å². The third kappa shape index (κ3) is 4.90. The molecule has 0 spiro atoms. The van der Waals surface area contributed by atoms with Crippen molar-refractivity contribution in [2.24, 2.45) is 27.7 Å². The average molecular weight is 411 g/mol. The number of aliphatic imine (C=N–C) groups is 2. The van der Waals surface area contributed by atoms with E-state index < -0.39 is 0 Å². The van der Waals surface area contributed by atoms with Gasteiger partial charge < -0.3 is 15.1 Å². The Morgan fingerprint density at radius 2 is 2.14 bits per heavy atom. The molecule has 7 heteroatoms. The highest BCUT2D eigenvalue weighted by atomic mass is 32.1. The molecule has 1 atom stereocenters. The van der Waals surface area contributed by atoms with Crippen molar-refractivity contribution < 1.29 is 9.21 Å². The molecule has 1 aromatic rings. The highest BCUT2D eigenvalue weighted by Gasteiger charge is 2.28. The van der Waals surface area contributed by atoms with Crippen molar-refractivity contribution in [3.8, 4) is 0 Å². The summed E-state index contributed by atoms with van der Waals surface area (Å²) in [5, 5.41) is 6.63. The van der Waals surface area contributed by atoms with Gasteiger partial charge in [-0.3, -0.25) is 9.79 Å². The third-order valence-electron chi connectivity index (χ3n) is 5.73. The van der Waals surface area contributed by atoms with Gasteiger partial charge in [0.1, 0.15) is 17.4 Å². The molecule has 1 saturated carbocycles. The van der Waals surface area contributed by atoms with Crippen LogP contribution in [0.1, 0.15) is 37.2 Å². The Bertz CT molecular complexity index is 904. The lowest BCUT2D eigenvalue weighted by Gasteiger charge is -2.28. The first-order valence-corrected chi connectivity index (χ1v) is 10.6. The molecule has 0 aromatic carbocycles. The molecule has 4 rings (SSSR count). The van der Waals surface area contributed by atoms with E-state index in [1.54, 1.807) is 0 Å². The molecule has 2 heterocycles. The molecule has 0 radical (unpaired) electrons. The summed E-state index contributed by atoms with van der Waals surface area (Å²) in [5.74, 6) is 3.33. The van der Waals surface area contributed by atoms with E-state index in [0.29, 0.717) is 17.6 Å². The summed E-state index contributed by atoms with van der Waals surface area (Å²) in [6.07, 6.45) is 11.9. The van der Waals surface area contributed by atoms with E-state index in [0.717, 1.165) is 55.3 Å². The van der Waals surface area contributed by atoms with Gasteiger partial charge in [-0.05, 0) is 69.0 Å². The Morgan fingerprint density at radius 1 is 1.31 bits per heavy atom. The minimum atomic E-state index is 0.0686. The molecule has 1 aliphatic heterocycles. The number of hydrogen-bond acceptors (Lipinski definition) is 4. The van der Waals surface area contributed by atoms with Crippen LogP contribution in [0.5, 0.6) is 0 Å². The predicted molar refractivity (Wildman–Crippen MR) is 118 cm³/mol. The molecule has 6 nitrogen and oxygen atoms in total. The second-order valence-corrected chi connectivity index (χ2v) is 8.25. The second-order valence-electron chi connectivity index (χ2n) is 7.86. The lowest BCUT2D eigenvalue weighted by Crippen LogP contribution is -2.42. The zero-order valence-corrected chi connectivity index (χ0v) is 17.4. The SMILES string of the molecule is Cc1ccc(CNC(=O)C2CCC(CN=C3NC(=S)N=C4C=CC=CC43)CC2)o1. The summed E-state index contributed by atoms with van der Waals surface area (Å²) in [7, 11) is 0. The molecule has 1 aromatic heterocycles. The highest BCUT2D eigenvalue weighted by molar-refractivity contribution is 7.80. The lowest BCUT2D eigenvalue weighted by atomic mass is 9.81. The van der Waals surface area contributed by atoms with Crippen LogP contribution in [0.4, 0.5) is 0 Å². The van der Waals surface area contributed by atoms with Gasteiger partial charge in [-0.1, -0.05) is 18.2 Å². The average Bonchev–Trinajstić information content (AvgIpc) is 3.15. The number of thiocarbonyl (C=S) groups is 1. The fourth-order valence-electron chi connectivity index (χ4n) is 4.07. The van der Waals surface area contributed by atoms with Crippen molar-refractivity contribution >= 4 is 34.8 Å². The van der Waals surface area contributed by atoms with Crippen molar-refractivity contribution in [1.29, 1.82) is 0 Å². The molecular weight excluding hydrogens is 384 g/mol. The van der Waals surface area contributed by atoms with Crippen molar-refractivity contribution in [3.63, 3.8) is 0 Å². The van der Waals surface area contributed by atoms with Crippen molar-refractivity contribution in [1.82, 2.24) is 10.6 Å². The van der Waals surface area contributed by atoms with Crippen LogP contribution in [0.3, 0.4) is 0 Å². The van der Waals surface area contributed by atoms with Gasteiger partial charge in [0.2, 0.25) is 5.91 Å². The van der Waals surface area contributed by atoms with Gasteiger partial charge in [0.15, 0.2) is 5.11 Å². The van der Waals surface area contributed by atoms with E-state index >= 15 is 0 Å². The van der Waals surface area contributed by atoms with E-state index in [4.69, 9.17) is 21.6 Å². The molecule has 152 valence electrons. The molecule has 29 heavy (non-hydrogen) atoms. The van der Waals surface area contributed by atoms with Crippen LogP contribution in [-0.2, 0) is 11.3 Å². The molecule has 2 aliphatic carbocycles. The van der Waals surface area contributed by atoms with E-state index in [1.165, 1.54) is 0 Å². The van der Waals surface area contributed by atoms with E-state index in [9.17, 15) is 4.79 Å². The van der Waals surface area contributed by atoms with Crippen LogP contribution < -0.4 is 10.6 Å². The van der Waals surface area contributed by atoms with Gasteiger partial charge in [0, 0.05) is 12.5 Å². The smallest absolute Gasteiger partial charge is 0.223 e. The lowest BCUT2D eigenvalue weighted by molar-refractivity contribution is -0.126. The standard InChI is InChI=1S/C22H26N4O2S/c1-14-6-11-17(28-14)13-24-21(27)16-9-7-15(8-10-16)12-23-20-18-4-2-3-5-19(18)25-22(29)26-20/h2-6,11,15-16,18H,7-10,12-13H2,1H3,(H,24,27)(H,23,26,29). The van der Waals surface area contributed by atoms with Crippen LogP contribution in [0.15, 0.2) is 50.8 Å². The molecule has 1 amide bonds. The number of nitrogens with zero attached hydrogens (tertiary/aromatic N) is 2. The van der Waals surface area contributed by atoms with Crippen LogP contribution in [0.2, 0.25) is 0 Å². The first kappa shape index (κ1) is 19.8. The Hall–Kier alpha value is -2.54. The maximum atomic E-state index is 12.5. The minimum Gasteiger partial charge on any atom is -0.465 e. The Balaban J connectivity index is 1.25. The Morgan fingerprint density at radius 3 is 2.90 bits per heavy atom.